The van der Waals surface area contributed by atoms with Crippen LogP contribution < -0.4 is 5.32 Å². The van der Waals surface area contributed by atoms with E-state index in [1.54, 1.807) is 12.1 Å². The van der Waals surface area contributed by atoms with Gasteiger partial charge in [-0.2, -0.15) is 0 Å². The van der Waals surface area contributed by atoms with Crippen molar-refractivity contribution in [3.8, 4) is 0 Å². The molecule has 1 aromatic heterocycles. The summed E-state index contributed by atoms with van der Waals surface area (Å²) in [7, 11) is 0. The second-order valence-electron chi connectivity index (χ2n) is 5.81. The van der Waals surface area contributed by atoms with Gasteiger partial charge in [0.1, 0.15) is 0 Å². The van der Waals surface area contributed by atoms with Gasteiger partial charge in [-0.05, 0) is 56.7 Å². The Labute approximate surface area is 162 Å². The zero-order chi connectivity index (χ0) is 18.6. The van der Waals surface area contributed by atoms with Crippen LogP contribution in [0.1, 0.15) is 41.9 Å². The first-order valence-electron chi connectivity index (χ1n) is 7.94. The molecule has 1 aromatic carbocycles. The molecule has 2 aromatic rings. The summed E-state index contributed by atoms with van der Waals surface area (Å²) in [5.74, 6) is -0.0359. The van der Waals surface area contributed by atoms with Gasteiger partial charge in [0.25, 0.3) is 0 Å². The highest BCUT2D eigenvalue weighted by atomic mass is 35.5. The maximum atomic E-state index is 12.3. The molecule has 0 saturated carbocycles. The number of hydrogen-bond donors (Lipinski definition) is 1. The lowest BCUT2D eigenvalue weighted by Crippen LogP contribution is -2.27. The van der Waals surface area contributed by atoms with Gasteiger partial charge >= 0.3 is 0 Å². The topological polar surface area (TPSA) is 54.9 Å². The molecule has 7 heteroatoms. The van der Waals surface area contributed by atoms with E-state index in [0.717, 1.165) is 27.7 Å². The zero-order valence-corrected chi connectivity index (χ0v) is 17.0. The Morgan fingerprint density at radius 3 is 2.44 bits per heavy atom. The highest BCUT2D eigenvalue weighted by Crippen LogP contribution is 2.26. The summed E-state index contributed by atoms with van der Waals surface area (Å²) in [6, 6.07) is 5.09. The van der Waals surface area contributed by atoms with E-state index in [9.17, 15) is 4.79 Å². The van der Waals surface area contributed by atoms with Crippen LogP contribution in [0.4, 0.5) is 0 Å². The molecule has 0 aliphatic heterocycles. The first-order chi connectivity index (χ1) is 11.8. The van der Waals surface area contributed by atoms with Crippen molar-refractivity contribution in [2.75, 3.05) is 6.26 Å². The number of nitrogens with zero attached hydrogens (tertiary/aromatic N) is 2. The fraction of sp³-hybridized carbons (Fsp3) is 0.389. The van der Waals surface area contributed by atoms with Crippen molar-refractivity contribution in [1.29, 1.82) is 0 Å². The fourth-order valence-corrected chi connectivity index (χ4v) is 3.67. The molecular weight excluding hydrogens is 377 g/mol. The molecule has 1 amide bonds. The molecule has 0 unspecified atom stereocenters. The Kier molecular flexibility index (Phi) is 7.11. The lowest BCUT2D eigenvalue weighted by Gasteiger charge is -2.16. The molecule has 0 saturated heterocycles. The van der Waals surface area contributed by atoms with E-state index in [1.807, 2.05) is 33.1 Å². The standard InChI is InChI=1S/C18H21Cl2N3OS/c1-10-14(11(2)23-18(22-10)25-4)7-8-17(24)21-12(3)15-6-5-13(19)9-16(15)20/h5-6,9,12H,7-8H2,1-4H3,(H,21,24)/t12-/m0/s1. The monoisotopic (exact) mass is 397 g/mol. The summed E-state index contributed by atoms with van der Waals surface area (Å²) in [6.45, 7) is 5.81. The Balaban J connectivity index is 1.99. The molecule has 0 aliphatic rings. The number of nitrogens with one attached hydrogen (secondary N) is 1. The average Bonchev–Trinajstić information content (AvgIpc) is 2.53. The van der Waals surface area contributed by atoms with Crippen molar-refractivity contribution in [2.45, 2.75) is 44.8 Å². The van der Waals surface area contributed by atoms with Crippen LogP contribution in [0, 0.1) is 13.8 Å². The van der Waals surface area contributed by atoms with Crippen molar-refractivity contribution < 1.29 is 4.79 Å². The first kappa shape index (κ1) is 20.0. The van der Waals surface area contributed by atoms with Gasteiger partial charge in [-0.15, -0.1) is 0 Å². The number of hydrogen-bond acceptors (Lipinski definition) is 4. The first-order valence-corrected chi connectivity index (χ1v) is 9.92. The number of aromatic nitrogens is 2. The maximum Gasteiger partial charge on any atom is 0.220 e. The van der Waals surface area contributed by atoms with Gasteiger partial charge in [-0.3, -0.25) is 4.79 Å². The Morgan fingerprint density at radius 2 is 1.88 bits per heavy atom. The third-order valence-corrected chi connectivity index (χ3v) is 5.10. The number of carbonyl (C=O) groups excluding carboxylic acids is 1. The smallest absolute Gasteiger partial charge is 0.220 e. The van der Waals surface area contributed by atoms with E-state index in [1.165, 1.54) is 11.8 Å². The second-order valence-corrected chi connectivity index (χ2v) is 7.43. The molecule has 1 N–H and O–H groups in total. The summed E-state index contributed by atoms with van der Waals surface area (Å²) in [5.41, 5.74) is 3.74. The van der Waals surface area contributed by atoms with E-state index in [-0.39, 0.29) is 11.9 Å². The summed E-state index contributed by atoms with van der Waals surface area (Å²) < 4.78 is 0. The Bertz CT molecular complexity index is 760. The highest BCUT2D eigenvalue weighted by molar-refractivity contribution is 7.98. The zero-order valence-electron chi connectivity index (χ0n) is 14.7. The van der Waals surface area contributed by atoms with E-state index in [0.29, 0.717) is 22.9 Å². The van der Waals surface area contributed by atoms with Crippen LogP contribution in [0.2, 0.25) is 10.0 Å². The summed E-state index contributed by atoms with van der Waals surface area (Å²) in [5, 5.41) is 4.86. The molecule has 134 valence electrons. The number of carbonyl (C=O) groups is 1. The van der Waals surface area contributed by atoms with E-state index in [4.69, 9.17) is 23.2 Å². The van der Waals surface area contributed by atoms with Crippen molar-refractivity contribution in [1.82, 2.24) is 15.3 Å². The third kappa shape index (κ3) is 5.33. The molecule has 0 fully saturated rings. The normalized spacial score (nSPS) is 12.1. The lowest BCUT2D eigenvalue weighted by atomic mass is 10.1. The van der Waals surface area contributed by atoms with Crippen LogP contribution in [0.3, 0.4) is 0 Å². The number of aryl methyl sites for hydroxylation is 2. The lowest BCUT2D eigenvalue weighted by molar-refractivity contribution is -0.121. The molecule has 0 bridgehead atoms. The van der Waals surface area contributed by atoms with Crippen LogP contribution in [0.15, 0.2) is 23.4 Å². The second kappa shape index (κ2) is 8.88. The number of thioether (sulfide) groups is 1. The van der Waals surface area contributed by atoms with Crippen LogP contribution in [0.5, 0.6) is 0 Å². The minimum absolute atomic E-state index is 0.0359. The maximum absolute atomic E-state index is 12.3. The summed E-state index contributed by atoms with van der Waals surface area (Å²) >= 11 is 13.6. The van der Waals surface area contributed by atoms with Crippen LogP contribution >= 0.6 is 35.0 Å². The van der Waals surface area contributed by atoms with Gasteiger partial charge < -0.3 is 5.32 Å². The molecule has 2 rings (SSSR count). The summed E-state index contributed by atoms with van der Waals surface area (Å²) in [4.78, 5) is 21.2. The fourth-order valence-electron chi connectivity index (χ4n) is 2.64. The van der Waals surface area contributed by atoms with Gasteiger partial charge in [0, 0.05) is 27.9 Å². The Hall–Kier alpha value is -1.30. The highest BCUT2D eigenvalue weighted by Gasteiger charge is 2.15. The van der Waals surface area contributed by atoms with E-state index < -0.39 is 0 Å². The average molecular weight is 398 g/mol. The molecule has 0 aliphatic carbocycles. The van der Waals surface area contributed by atoms with Crippen LogP contribution in [-0.4, -0.2) is 22.1 Å². The van der Waals surface area contributed by atoms with Gasteiger partial charge in [-0.1, -0.05) is 41.0 Å². The van der Waals surface area contributed by atoms with Crippen LogP contribution in [0.25, 0.3) is 0 Å². The minimum atomic E-state index is -0.186. The van der Waals surface area contributed by atoms with Gasteiger partial charge in [0.15, 0.2) is 5.16 Å². The Morgan fingerprint density at radius 1 is 1.24 bits per heavy atom. The molecule has 25 heavy (non-hydrogen) atoms. The summed E-state index contributed by atoms with van der Waals surface area (Å²) in [6.07, 6.45) is 2.93. The number of benzene rings is 1. The van der Waals surface area contributed by atoms with Crippen molar-refractivity contribution >= 4 is 40.9 Å². The molecule has 0 spiro atoms. The molecular formula is C18H21Cl2N3OS. The van der Waals surface area contributed by atoms with Gasteiger partial charge in [-0.25, -0.2) is 9.97 Å². The van der Waals surface area contributed by atoms with E-state index in [2.05, 4.69) is 15.3 Å². The quantitative estimate of drug-likeness (QED) is 0.554. The minimum Gasteiger partial charge on any atom is -0.350 e. The molecule has 0 radical (unpaired) electrons. The predicted octanol–water partition coefficient (Wildman–Crippen LogP) is 4.93. The third-order valence-electron chi connectivity index (χ3n) is 3.99. The number of rotatable bonds is 6. The predicted molar refractivity (Wildman–Crippen MR) is 105 cm³/mol. The van der Waals surface area contributed by atoms with Gasteiger partial charge in [0.2, 0.25) is 5.91 Å². The van der Waals surface area contributed by atoms with E-state index >= 15 is 0 Å². The molecule has 1 heterocycles. The van der Waals surface area contributed by atoms with Gasteiger partial charge in [0.05, 0.1) is 6.04 Å². The van der Waals surface area contributed by atoms with Crippen LogP contribution in [-0.2, 0) is 11.2 Å². The molecule has 4 nitrogen and oxygen atoms in total. The van der Waals surface area contributed by atoms with Crippen molar-refractivity contribution in [3.63, 3.8) is 0 Å². The number of halogens is 2. The largest absolute Gasteiger partial charge is 0.350 e. The van der Waals surface area contributed by atoms with Crippen molar-refractivity contribution in [3.05, 3.63) is 50.8 Å². The molecule has 1 atom stereocenters. The number of amides is 1. The van der Waals surface area contributed by atoms with Crippen molar-refractivity contribution in [2.24, 2.45) is 0 Å². The SMILES string of the molecule is CSc1nc(C)c(CCC(=O)N[C@@H](C)c2ccc(Cl)cc2Cl)c(C)n1.